The van der Waals surface area contributed by atoms with Gasteiger partial charge in [0.1, 0.15) is 0 Å². The van der Waals surface area contributed by atoms with E-state index < -0.39 is 0 Å². The van der Waals surface area contributed by atoms with Gasteiger partial charge in [-0.05, 0) is 39.3 Å². The zero-order valence-electron chi connectivity index (χ0n) is 16.9. The molecule has 1 N–H and O–H groups in total. The maximum atomic E-state index is 12.5. The lowest BCUT2D eigenvalue weighted by molar-refractivity contribution is 0.0999. The van der Waals surface area contributed by atoms with Crippen molar-refractivity contribution in [1.29, 1.82) is 0 Å². The zero-order chi connectivity index (χ0) is 20.1. The van der Waals surface area contributed by atoms with Crippen LogP contribution in [0.3, 0.4) is 0 Å². The zero-order valence-corrected chi connectivity index (χ0v) is 16.9. The van der Waals surface area contributed by atoms with Crippen molar-refractivity contribution < 1.29 is 14.1 Å². The molecule has 0 aromatic carbocycles. The van der Waals surface area contributed by atoms with E-state index in [1.807, 2.05) is 44.7 Å². The summed E-state index contributed by atoms with van der Waals surface area (Å²) in [6.07, 6.45) is 1.76. The van der Waals surface area contributed by atoms with E-state index in [2.05, 4.69) is 25.3 Å². The average Bonchev–Trinajstić information content (AvgIpc) is 3.12. The van der Waals surface area contributed by atoms with Crippen LogP contribution in [0, 0.1) is 6.92 Å². The largest absolute Gasteiger partial charge is 0.475 e. The number of nitrogens with one attached hydrogen (secondary N) is 1. The van der Waals surface area contributed by atoms with E-state index in [1.165, 1.54) is 0 Å². The van der Waals surface area contributed by atoms with Gasteiger partial charge in [0.25, 0.3) is 0 Å². The van der Waals surface area contributed by atoms with Gasteiger partial charge in [0.05, 0.1) is 12.1 Å². The Hall–Kier alpha value is -2.68. The highest BCUT2D eigenvalue weighted by Crippen LogP contribution is 2.20. The number of nitrogens with zero attached hydrogens (tertiary/aromatic N) is 5. The molecule has 9 nitrogen and oxygen atoms in total. The molecule has 0 spiro atoms. The highest BCUT2D eigenvalue weighted by molar-refractivity contribution is 5.74. The van der Waals surface area contributed by atoms with Crippen LogP contribution in [-0.2, 0) is 6.54 Å². The lowest BCUT2D eigenvalue weighted by Crippen LogP contribution is -2.52. The number of ether oxygens (including phenoxy) is 1. The summed E-state index contributed by atoms with van der Waals surface area (Å²) in [4.78, 5) is 25.0. The minimum atomic E-state index is -0.0657. The van der Waals surface area contributed by atoms with Crippen LogP contribution < -0.4 is 10.1 Å². The minimum Gasteiger partial charge on any atom is -0.475 e. The normalized spacial score (nSPS) is 16.2. The number of urea groups is 1. The lowest BCUT2D eigenvalue weighted by Gasteiger charge is -2.36. The first-order valence-electron chi connectivity index (χ1n) is 9.61. The summed E-state index contributed by atoms with van der Waals surface area (Å²) in [6, 6.07) is 3.71. The predicted molar refractivity (Wildman–Crippen MR) is 103 cm³/mol. The van der Waals surface area contributed by atoms with Gasteiger partial charge in [0.15, 0.2) is 5.82 Å². The van der Waals surface area contributed by atoms with Crippen molar-refractivity contribution in [3.8, 4) is 5.88 Å². The van der Waals surface area contributed by atoms with E-state index >= 15 is 0 Å². The third-order valence-electron chi connectivity index (χ3n) is 4.65. The number of hydrogen-bond acceptors (Lipinski definition) is 7. The van der Waals surface area contributed by atoms with Gasteiger partial charge >= 0.3 is 6.03 Å². The van der Waals surface area contributed by atoms with Gasteiger partial charge in [-0.25, -0.2) is 9.78 Å². The molecule has 1 saturated heterocycles. The average molecular weight is 388 g/mol. The third-order valence-corrected chi connectivity index (χ3v) is 4.65. The number of carbonyl (C=O) groups is 1. The maximum absolute atomic E-state index is 12.5. The van der Waals surface area contributed by atoms with E-state index in [9.17, 15) is 4.79 Å². The van der Waals surface area contributed by atoms with Crippen molar-refractivity contribution in [2.24, 2.45) is 0 Å². The summed E-state index contributed by atoms with van der Waals surface area (Å²) < 4.78 is 10.9. The Morgan fingerprint density at radius 3 is 2.68 bits per heavy atom. The maximum Gasteiger partial charge on any atom is 0.317 e. The van der Waals surface area contributed by atoms with Crippen LogP contribution in [0.1, 0.15) is 44.1 Å². The molecule has 2 aromatic rings. The quantitative estimate of drug-likeness (QED) is 0.810. The van der Waals surface area contributed by atoms with Crippen LogP contribution in [0.2, 0.25) is 0 Å². The molecule has 0 aliphatic carbocycles. The van der Waals surface area contributed by atoms with Gasteiger partial charge in [0, 0.05) is 45.0 Å². The molecular formula is C19H28N6O3. The van der Waals surface area contributed by atoms with Crippen molar-refractivity contribution in [1.82, 2.24) is 30.2 Å². The summed E-state index contributed by atoms with van der Waals surface area (Å²) in [5.74, 6) is 1.83. The number of hydrogen-bond donors (Lipinski definition) is 1. The number of aromatic nitrogens is 3. The highest BCUT2D eigenvalue weighted by atomic mass is 16.5. The number of aryl methyl sites for hydroxylation is 1. The van der Waals surface area contributed by atoms with Crippen molar-refractivity contribution in [3.63, 3.8) is 0 Å². The van der Waals surface area contributed by atoms with Crippen LogP contribution in [0.15, 0.2) is 22.9 Å². The Morgan fingerprint density at radius 2 is 2.04 bits per heavy atom. The highest BCUT2D eigenvalue weighted by Gasteiger charge is 2.27. The number of rotatable bonds is 6. The second kappa shape index (κ2) is 9.01. The van der Waals surface area contributed by atoms with Crippen molar-refractivity contribution in [3.05, 3.63) is 35.6 Å². The molecule has 1 unspecified atom stereocenters. The van der Waals surface area contributed by atoms with E-state index in [0.717, 1.165) is 18.7 Å². The summed E-state index contributed by atoms with van der Waals surface area (Å²) in [5.41, 5.74) is 0.957. The fraction of sp³-hybridized carbons (Fsp3) is 0.579. The first kappa shape index (κ1) is 20.1. The summed E-state index contributed by atoms with van der Waals surface area (Å²) in [7, 11) is 0. The predicted octanol–water partition coefficient (Wildman–Crippen LogP) is 2.15. The number of pyridine rings is 1. The van der Waals surface area contributed by atoms with Gasteiger partial charge in [-0.15, -0.1) is 0 Å². The molecule has 0 radical (unpaired) electrons. The molecule has 1 atom stereocenters. The molecule has 152 valence electrons. The Kier molecular flexibility index (Phi) is 6.45. The molecule has 3 heterocycles. The Bertz CT molecular complexity index is 785. The van der Waals surface area contributed by atoms with Gasteiger partial charge in [0.2, 0.25) is 11.8 Å². The van der Waals surface area contributed by atoms with Crippen LogP contribution in [-0.4, -0.2) is 63.2 Å². The molecule has 28 heavy (non-hydrogen) atoms. The molecule has 0 saturated carbocycles. The molecule has 0 bridgehead atoms. The number of piperazine rings is 1. The van der Waals surface area contributed by atoms with Crippen molar-refractivity contribution in [2.75, 3.05) is 26.2 Å². The fourth-order valence-corrected chi connectivity index (χ4v) is 3.11. The standard InChI is InChI=1S/C19H28N6O3/c1-13(2)27-17-11-16(5-6-20-17)12-21-19(26)25-9-7-24(8-10-25)14(3)18-22-15(4)23-28-18/h5-6,11,13-14H,7-10,12H2,1-4H3,(H,21,26). The van der Waals surface area contributed by atoms with Crippen LogP contribution in [0.25, 0.3) is 0 Å². The van der Waals surface area contributed by atoms with Crippen molar-refractivity contribution >= 4 is 6.03 Å². The number of amides is 2. The molecule has 1 aliphatic heterocycles. The molecule has 9 heteroatoms. The van der Waals surface area contributed by atoms with E-state index in [1.54, 1.807) is 6.20 Å². The van der Waals surface area contributed by atoms with Gasteiger partial charge < -0.3 is 19.5 Å². The smallest absolute Gasteiger partial charge is 0.317 e. The molecule has 2 aromatic heterocycles. The van der Waals surface area contributed by atoms with E-state index in [0.29, 0.717) is 37.2 Å². The molecule has 1 fully saturated rings. The Balaban J connectivity index is 1.46. The third kappa shape index (κ3) is 5.19. The summed E-state index contributed by atoms with van der Waals surface area (Å²) in [6.45, 7) is 11.0. The van der Waals surface area contributed by atoms with Gasteiger partial charge in [-0.1, -0.05) is 5.16 Å². The number of carbonyl (C=O) groups excluding carboxylic acids is 1. The first-order valence-corrected chi connectivity index (χ1v) is 9.61. The SMILES string of the molecule is Cc1noc(C(C)N2CCN(C(=O)NCc3ccnc(OC(C)C)c3)CC2)n1. The van der Waals surface area contributed by atoms with Crippen molar-refractivity contribution in [2.45, 2.75) is 46.4 Å². The van der Waals surface area contributed by atoms with E-state index in [4.69, 9.17) is 9.26 Å². The Morgan fingerprint density at radius 1 is 1.29 bits per heavy atom. The first-order chi connectivity index (χ1) is 13.4. The van der Waals surface area contributed by atoms with Crippen LogP contribution in [0.5, 0.6) is 5.88 Å². The summed E-state index contributed by atoms with van der Waals surface area (Å²) >= 11 is 0. The lowest BCUT2D eigenvalue weighted by atomic mass is 10.2. The van der Waals surface area contributed by atoms with Crippen LogP contribution >= 0.6 is 0 Å². The van der Waals surface area contributed by atoms with Crippen LogP contribution in [0.4, 0.5) is 4.79 Å². The second-order valence-electron chi connectivity index (χ2n) is 7.21. The summed E-state index contributed by atoms with van der Waals surface area (Å²) in [5, 5.41) is 6.82. The van der Waals surface area contributed by atoms with E-state index in [-0.39, 0.29) is 18.2 Å². The Labute approximate surface area is 165 Å². The second-order valence-corrected chi connectivity index (χ2v) is 7.21. The molecule has 2 amide bonds. The minimum absolute atomic E-state index is 0.0441. The molecule has 1 aliphatic rings. The topological polar surface area (TPSA) is 96.6 Å². The fourth-order valence-electron chi connectivity index (χ4n) is 3.11. The van der Waals surface area contributed by atoms with Gasteiger partial charge in [-0.3, -0.25) is 4.90 Å². The monoisotopic (exact) mass is 388 g/mol. The molecule has 3 rings (SSSR count). The molecular weight excluding hydrogens is 360 g/mol. The van der Waals surface area contributed by atoms with Gasteiger partial charge in [-0.2, -0.15) is 4.98 Å².